The summed E-state index contributed by atoms with van der Waals surface area (Å²) in [4.78, 5) is 6.88. The fraction of sp³-hybridized carbons (Fsp3) is 0.333. The van der Waals surface area contributed by atoms with Crippen LogP contribution in [0.5, 0.6) is 0 Å². The molecule has 0 aliphatic carbocycles. The third-order valence-corrected chi connectivity index (χ3v) is 6.18. The van der Waals surface area contributed by atoms with E-state index in [9.17, 15) is 0 Å². The summed E-state index contributed by atoms with van der Waals surface area (Å²) in [6.45, 7) is 7.95. The minimum absolute atomic E-state index is 0.0117. The lowest BCUT2D eigenvalue weighted by Crippen LogP contribution is -2.29. The molecule has 0 saturated carbocycles. The lowest BCUT2D eigenvalue weighted by Gasteiger charge is -2.28. The average molecular weight is 421 g/mol. The second-order valence-corrected chi connectivity index (χ2v) is 8.19. The Bertz CT molecular complexity index is 1030. The van der Waals surface area contributed by atoms with Gasteiger partial charge in [-0.2, -0.15) is 0 Å². The summed E-state index contributed by atoms with van der Waals surface area (Å²) in [6.07, 6.45) is 1.84. The van der Waals surface area contributed by atoms with Crippen LogP contribution in [-0.2, 0) is 11.3 Å². The maximum absolute atomic E-state index is 5.82. The SMILES string of the molecule is COCCn1c(C)cc(C2C(c3ccccn3)NC(=S)N2c2ccc(C)cc2)c1C. The Hall–Kier alpha value is -2.70. The molecule has 0 amide bonds. The smallest absolute Gasteiger partial charge is 0.174 e. The highest BCUT2D eigenvalue weighted by molar-refractivity contribution is 7.80. The molecule has 0 bridgehead atoms. The average Bonchev–Trinajstić information content (AvgIpc) is 3.23. The second kappa shape index (κ2) is 8.58. The van der Waals surface area contributed by atoms with Crippen LogP contribution in [0.25, 0.3) is 0 Å². The first-order valence-corrected chi connectivity index (χ1v) is 10.6. The van der Waals surface area contributed by atoms with Gasteiger partial charge < -0.3 is 19.5 Å². The van der Waals surface area contributed by atoms with Gasteiger partial charge in [-0.05, 0) is 68.9 Å². The number of rotatable bonds is 6. The third-order valence-electron chi connectivity index (χ3n) is 5.86. The molecule has 1 aromatic carbocycles. The van der Waals surface area contributed by atoms with Gasteiger partial charge >= 0.3 is 0 Å². The number of methoxy groups -OCH3 is 1. The molecular weight excluding hydrogens is 392 g/mol. The van der Waals surface area contributed by atoms with Crippen molar-refractivity contribution in [2.45, 2.75) is 39.4 Å². The van der Waals surface area contributed by atoms with E-state index >= 15 is 0 Å². The van der Waals surface area contributed by atoms with Crippen molar-refractivity contribution in [2.24, 2.45) is 0 Å². The molecule has 4 rings (SSSR count). The first kappa shape index (κ1) is 20.6. The van der Waals surface area contributed by atoms with Crippen LogP contribution >= 0.6 is 12.2 Å². The van der Waals surface area contributed by atoms with Crippen molar-refractivity contribution in [1.29, 1.82) is 0 Å². The minimum Gasteiger partial charge on any atom is -0.383 e. The number of aromatic nitrogens is 2. The van der Waals surface area contributed by atoms with E-state index in [0.717, 1.165) is 23.0 Å². The first-order chi connectivity index (χ1) is 14.5. The van der Waals surface area contributed by atoms with Crippen LogP contribution in [0.2, 0.25) is 0 Å². The van der Waals surface area contributed by atoms with Gasteiger partial charge in [0.15, 0.2) is 5.11 Å². The van der Waals surface area contributed by atoms with Crippen LogP contribution in [0.15, 0.2) is 54.7 Å². The number of nitrogens with zero attached hydrogens (tertiary/aromatic N) is 3. The number of nitrogens with one attached hydrogen (secondary N) is 1. The maximum atomic E-state index is 5.82. The predicted molar refractivity (Wildman–Crippen MR) is 125 cm³/mol. The van der Waals surface area contributed by atoms with Gasteiger partial charge in [0, 0.05) is 36.9 Å². The van der Waals surface area contributed by atoms with Gasteiger partial charge in [-0.3, -0.25) is 4.98 Å². The zero-order valence-electron chi connectivity index (χ0n) is 17.9. The second-order valence-electron chi connectivity index (χ2n) is 7.80. The quantitative estimate of drug-likeness (QED) is 0.589. The van der Waals surface area contributed by atoms with Gasteiger partial charge in [-0.15, -0.1) is 0 Å². The number of benzene rings is 1. The van der Waals surface area contributed by atoms with Crippen molar-refractivity contribution in [3.8, 4) is 0 Å². The van der Waals surface area contributed by atoms with Crippen molar-refractivity contribution in [3.63, 3.8) is 0 Å². The molecule has 0 radical (unpaired) electrons. The number of pyridine rings is 1. The molecule has 30 heavy (non-hydrogen) atoms. The summed E-state index contributed by atoms with van der Waals surface area (Å²) in [5.41, 5.74) is 7.02. The maximum Gasteiger partial charge on any atom is 0.174 e. The van der Waals surface area contributed by atoms with Crippen LogP contribution in [0.4, 0.5) is 5.69 Å². The van der Waals surface area contributed by atoms with Crippen LogP contribution in [0, 0.1) is 20.8 Å². The highest BCUT2D eigenvalue weighted by Crippen LogP contribution is 2.43. The van der Waals surface area contributed by atoms with Gasteiger partial charge in [0.1, 0.15) is 0 Å². The van der Waals surface area contributed by atoms with E-state index in [1.807, 2.05) is 18.3 Å². The molecule has 3 heterocycles. The predicted octanol–water partition coefficient (Wildman–Crippen LogP) is 4.63. The van der Waals surface area contributed by atoms with Crippen molar-refractivity contribution in [1.82, 2.24) is 14.9 Å². The van der Waals surface area contributed by atoms with Gasteiger partial charge in [0.25, 0.3) is 0 Å². The standard InChI is InChI=1S/C24H28N4OS/c1-16-8-10-19(11-9-16)28-23(20-15-17(2)27(18(20)3)13-14-29-4)22(26-24(28)30)21-7-5-6-12-25-21/h5-12,15,22-23H,13-14H2,1-4H3,(H,26,30). The molecule has 1 aliphatic rings. The van der Waals surface area contributed by atoms with Crippen LogP contribution < -0.4 is 10.2 Å². The van der Waals surface area contributed by atoms with Gasteiger partial charge in [0.2, 0.25) is 0 Å². The Morgan fingerprint density at radius 1 is 1.10 bits per heavy atom. The zero-order chi connectivity index (χ0) is 21.3. The molecule has 0 spiro atoms. The topological polar surface area (TPSA) is 42.3 Å². The van der Waals surface area contributed by atoms with Gasteiger partial charge in [-0.25, -0.2) is 0 Å². The molecule has 1 N–H and O–H groups in total. The van der Waals surface area contributed by atoms with E-state index in [-0.39, 0.29) is 12.1 Å². The third kappa shape index (κ3) is 3.73. The summed E-state index contributed by atoms with van der Waals surface area (Å²) in [7, 11) is 1.74. The largest absolute Gasteiger partial charge is 0.383 e. The van der Waals surface area contributed by atoms with Crippen molar-refractivity contribution in [3.05, 3.63) is 82.9 Å². The number of ether oxygens (including phenoxy) is 1. The lowest BCUT2D eigenvalue weighted by atomic mass is 9.96. The van der Waals surface area contributed by atoms with E-state index in [1.54, 1.807) is 7.11 Å². The van der Waals surface area contributed by atoms with Crippen molar-refractivity contribution < 1.29 is 4.74 Å². The molecule has 6 heteroatoms. The number of hydrogen-bond acceptors (Lipinski definition) is 3. The Morgan fingerprint density at radius 3 is 2.53 bits per heavy atom. The number of hydrogen-bond donors (Lipinski definition) is 1. The summed E-state index contributed by atoms with van der Waals surface area (Å²) < 4.78 is 7.65. The molecule has 156 valence electrons. The van der Waals surface area contributed by atoms with Crippen molar-refractivity contribution >= 4 is 23.0 Å². The molecular formula is C24H28N4OS. The summed E-state index contributed by atoms with van der Waals surface area (Å²) in [5.74, 6) is 0. The van der Waals surface area contributed by atoms with E-state index in [2.05, 4.69) is 76.9 Å². The monoisotopic (exact) mass is 420 g/mol. The number of anilines is 1. The fourth-order valence-corrected chi connectivity index (χ4v) is 4.65. The van der Waals surface area contributed by atoms with E-state index in [4.69, 9.17) is 17.0 Å². The van der Waals surface area contributed by atoms with E-state index in [0.29, 0.717) is 6.61 Å². The molecule has 1 saturated heterocycles. The Morgan fingerprint density at radius 2 is 1.87 bits per heavy atom. The zero-order valence-corrected chi connectivity index (χ0v) is 18.7. The molecule has 5 nitrogen and oxygen atoms in total. The first-order valence-electron chi connectivity index (χ1n) is 10.2. The highest BCUT2D eigenvalue weighted by Gasteiger charge is 2.42. The number of aryl methyl sites for hydroxylation is 2. The molecule has 2 unspecified atom stereocenters. The normalized spacial score (nSPS) is 18.7. The Kier molecular flexibility index (Phi) is 5.88. The Balaban J connectivity index is 1.83. The number of thiocarbonyl (C=S) groups is 1. The van der Waals surface area contributed by atoms with Gasteiger partial charge in [-0.1, -0.05) is 23.8 Å². The molecule has 1 fully saturated rings. The molecule has 2 aromatic heterocycles. The van der Waals surface area contributed by atoms with Gasteiger partial charge in [0.05, 0.1) is 24.4 Å². The highest BCUT2D eigenvalue weighted by atomic mass is 32.1. The summed E-state index contributed by atoms with van der Waals surface area (Å²) >= 11 is 5.82. The van der Waals surface area contributed by atoms with Crippen molar-refractivity contribution in [2.75, 3.05) is 18.6 Å². The summed E-state index contributed by atoms with van der Waals surface area (Å²) in [5, 5.41) is 4.27. The molecule has 2 atom stereocenters. The van der Waals surface area contributed by atoms with Crippen LogP contribution in [0.3, 0.4) is 0 Å². The lowest BCUT2D eigenvalue weighted by molar-refractivity contribution is 0.186. The van der Waals surface area contributed by atoms with Crippen LogP contribution in [0.1, 0.15) is 40.3 Å². The summed E-state index contributed by atoms with van der Waals surface area (Å²) in [6, 6.07) is 16.8. The minimum atomic E-state index is -0.0311. The molecule has 1 aliphatic heterocycles. The fourth-order valence-electron chi connectivity index (χ4n) is 4.31. The van der Waals surface area contributed by atoms with Crippen LogP contribution in [-0.4, -0.2) is 28.4 Å². The van der Waals surface area contributed by atoms with E-state index in [1.165, 1.54) is 22.5 Å². The van der Waals surface area contributed by atoms with E-state index < -0.39 is 0 Å². The molecule has 3 aromatic rings. The Labute approximate surface area is 183 Å².